The first-order valence-electron chi connectivity index (χ1n) is 6.88. The Morgan fingerprint density at radius 1 is 1.05 bits per heavy atom. The number of aryl methyl sites for hydroxylation is 2. The molecular formula is C17H15N3OS. The highest BCUT2D eigenvalue weighted by atomic mass is 32.1. The Morgan fingerprint density at radius 3 is 2.45 bits per heavy atom. The van der Waals surface area contributed by atoms with Gasteiger partial charge in [0.15, 0.2) is 0 Å². The molecule has 2 heterocycles. The van der Waals surface area contributed by atoms with Gasteiger partial charge in [0, 0.05) is 17.1 Å². The van der Waals surface area contributed by atoms with Crippen LogP contribution in [0.2, 0.25) is 0 Å². The summed E-state index contributed by atoms with van der Waals surface area (Å²) < 4.78 is 0. The quantitative estimate of drug-likeness (QED) is 0.793. The number of nitrogens with one attached hydrogen (secondary N) is 1. The Kier molecular flexibility index (Phi) is 3.98. The molecule has 0 spiro atoms. The predicted octanol–water partition coefficient (Wildman–Crippen LogP) is 4.07. The van der Waals surface area contributed by atoms with Crippen molar-refractivity contribution in [3.8, 4) is 10.6 Å². The standard InChI is InChI=1S/C17H15N3OS/c1-11-3-6-13(7-4-11)17-19-14(10-22-17)16(21)20-15-8-5-12(2)9-18-15/h3-10H,1-2H3,(H,18,20,21). The number of thiazole rings is 1. The first-order chi connectivity index (χ1) is 10.6. The highest BCUT2D eigenvalue weighted by molar-refractivity contribution is 7.13. The topological polar surface area (TPSA) is 54.9 Å². The zero-order valence-corrected chi connectivity index (χ0v) is 13.1. The number of amides is 1. The third-order valence-electron chi connectivity index (χ3n) is 3.19. The van der Waals surface area contributed by atoms with E-state index in [0.717, 1.165) is 16.1 Å². The average molecular weight is 309 g/mol. The Bertz CT molecular complexity index is 792. The number of carbonyl (C=O) groups excluding carboxylic acids is 1. The van der Waals surface area contributed by atoms with Gasteiger partial charge in [-0.05, 0) is 25.5 Å². The Balaban J connectivity index is 1.76. The molecule has 0 saturated carbocycles. The summed E-state index contributed by atoms with van der Waals surface area (Å²) in [5.41, 5.74) is 3.67. The second-order valence-corrected chi connectivity index (χ2v) is 5.94. The summed E-state index contributed by atoms with van der Waals surface area (Å²) in [6.45, 7) is 3.99. The minimum absolute atomic E-state index is 0.244. The van der Waals surface area contributed by atoms with E-state index in [-0.39, 0.29) is 5.91 Å². The normalized spacial score (nSPS) is 10.5. The van der Waals surface area contributed by atoms with Crippen LogP contribution in [-0.2, 0) is 0 Å². The number of benzene rings is 1. The van der Waals surface area contributed by atoms with Crippen molar-refractivity contribution in [1.82, 2.24) is 9.97 Å². The molecule has 0 aliphatic carbocycles. The zero-order chi connectivity index (χ0) is 15.5. The van der Waals surface area contributed by atoms with Crippen molar-refractivity contribution >= 4 is 23.1 Å². The molecule has 0 aliphatic heterocycles. The van der Waals surface area contributed by atoms with Gasteiger partial charge in [-0.3, -0.25) is 4.79 Å². The summed E-state index contributed by atoms with van der Waals surface area (Å²) in [5, 5.41) is 5.35. The largest absolute Gasteiger partial charge is 0.305 e. The fraction of sp³-hybridized carbons (Fsp3) is 0.118. The summed E-state index contributed by atoms with van der Waals surface area (Å²) >= 11 is 1.46. The fourth-order valence-corrected chi connectivity index (χ4v) is 2.74. The van der Waals surface area contributed by atoms with Crippen LogP contribution in [0.5, 0.6) is 0 Å². The van der Waals surface area contributed by atoms with E-state index in [9.17, 15) is 4.79 Å². The van der Waals surface area contributed by atoms with Crippen LogP contribution in [-0.4, -0.2) is 15.9 Å². The van der Waals surface area contributed by atoms with E-state index in [1.807, 2.05) is 44.2 Å². The lowest BCUT2D eigenvalue weighted by atomic mass is 10.2. The minimum atomic E-state index is -0.244. The van der Waals surface area contributed by atoms with Gasteiger partial charge in [0.25, 0.3) is 5.91 Å². The molecule has 3 rings (SSSR count). The first-order valence-corrected chi connectivity index (χ1v) is 7.76. The number of hydrogen-bond donors (Lipinski definition) is 1. The Labute approximate surface area is 132 Å². The van der Waals surface area contributed by atoms with Crippen molar-refractivity contribution in [1.29, 1.82) is 0 Å². The van der Waals surface area contributed by atoms with Gasteiger partial charge in [-0.2, -0.15) is 0 Å². The van der Waals surface area contributed by atoms with Crippen LogP contribution in [0.3, 0.4) is 0 Å². The first kappa shape index (κ1) is 14.4. The molecule has 0 unspecified atom stereocenters. The van der Waals surface area contributed by atoms with Crippen LogP contribution in [0.1, 0.15) is 21.6 Å². The van der Waals surface area contributed by atoms with Crippen molar-refractivity contribution < 1.29 is 4.79 Å². The van der Waals surface area contributed by atoms with E-state index in [1.165, 1.54) is 16.9 Å². The van der Waals surface area contributed by atoms with Gasteiger partial charge >= 0.3 is 0 Å². The van der Waals surface area contributed by atoms with E-state index in [2.05, 4.69) is 15.3 Å². The maximum atomic E-state index is 12.2. The molecule has 0 bridgehead atoms. The Hall–Kier alpha value is -2.53. The smallest absolute Gasteiger partial charge is 0.276 e. The zero-order valence-electron chi connectivity index (χ0n) is 12.3. The molecule has 0 aliphatic rings. The lowest BCUT2D eigenvalue weighted by Gasteiger charge is -2.02. The molecular weight excluding hydrogens is 294 g/mol. The molecule has 0 saturated heterocycles. The number of rotatable bonds is 3. The number of nitrogens with zero attached hydrogens (tertiary/aromatic N) is 2. The van der Waals surface area contributed by atoms with Crippen LogP contribution < -0.4 is 5.32 Å². The minimum Gasteiger partial charge on any atom is -0.305 e. The summed E-state index contributed by atoms with van der Waals surface area (Å²) in [4.78, 5) is 20.8. The number of aromatic nitrogens is 2. The monoisotopic (exact) mass is 309 g/mol. The van der Waals surface area contributed by atoms with Crippen LogP contribution in [0.15, 0.2) is 48.0 Å². The average Bonchev–Trinajstić information content (AvgIpc) is 3.00. The summed E-state index contributed by atoms with van der Waals surface area (Å²) in [6, 6.07) is 11.8. The molecule has 1 N–H and O–H groups in total. The molecule has 3 aromatic rings. The molecule has 5 heteroatoms. The maximum Gasteiger partial charge on any atom is 0.276 e. The molecule has 0 fully saturated rings. The number of anilines is 1. The van der Waals surface area contributed by atoms with Crippen molar-refractivity contribution in [3.05, 3.63) is 64.8 Å². The van der Waals surface area contributed by atoms with Gasteiger partial charge in [-0.15, -0.1) is 11.3 Å². The summed E-state index contributed by atoms with van der Waals surface area (Å²) in [6.07, 6.45) is 1.72. The molecule has 22 heavy (non-hydrogen) atoms. The second kappa shape index (κ2) is 6.07. The molecule has 2 aromatic heterocycles. The third kappa shape index (κ3) is 3.20. The van der Waals surface area contributed by atoms with Crippen molar-refractivity contribution in [2.75, 3.05) is 5.32 Å². The lowest BCUT2D eigenvalue weighted by molar-refractivity contribution is 0.102. The van der Waals surface area contributed by atoms with Gasteiger partial charge in [-0.1, -0.05) is 35.9 Å². The summed E-state index contributed by atoms with van der Waals surface area (Å²) in [7, 11) is 0. The molecule has 110 valence electrons. The van der Waals surface area contributed by atoms with Gasteiger partial charge in [-0.25, -0.2) is 9.97 Å². The predicted molar refractivity (Wildman–Crippen MR) is 89.2 cm³/mol. The van der Waals surface area contributed by atoms with Crippen LogP contribution in [0, 0.1) is 13.8 Å². The van der Waals surface area contributed by atoms with Crippen LogP contribution in [0.25, 0.3) is 10.6 Å². The van der Waals surface area contributed by atoms with Crippen molar-refractivity contribution in [3.63, 3.8) is 0 Å². The van der Waals surface area contributed by atoms with E-state index >= 15 is 0 Å². The van der Waals surface area contributed by atoms with Gasteiger partial charge in [0.1, 0.15) is 16.5 Å². The third-order valence-corrected chi connectivity index (χ3v) is 4.08. The van der Waals surface area contributed by atoms with Gasteiger partial charge in [0.05, 0.1) is 0 Å². The molecule has 0 atom stereocenters. The van der Waals surface area contributed by atoms with Crippen LogP contribution in [0.4, 0.5) is 5.82 Å². The van der Waals surface area contributed by atoms with Crippen molar-refractivity contribution in [2.45, 2.75) is 13.8 Å². The SMILES string of the molecule is Cc1ccc(-c2nc(C(=O)Nc3ccc(C)cn3)cs2)cc1. The highest BCUT2D eigenvalue weighted by Gasteiger charge is 2.12. The molecule has 1 amide bonds. The number of hydrogen-bond acceptors (Lipinski definition) is 4. The Morgan fingerprint density at radius 2 is 1.77 bits per heavy atom. The highest BCUT2D eigenvalue weighted by Crippen LogP contribution is 2.24. The second-order valence-electron chi connectivity index (χ2n) is 5.08. The van der Waals surface area contributed by atoms with Crippen LogP contribution >= 0.6 is 11.3 Å². The van der Waals surface area contributed by atoms with Crippen molar-refractivity contribution in [2.24, 2.45) is 0 Å². The van der Waals surface area contributed by atoms with Gasteiger partial charge < -0.3 is 5.32 Å². The van der Waals surface area contributed by atoms with E-state index < -0.39 is 0 Å². The molecule has 4 nitrogen and oxygen atoms in total. The number of pyridine rings is 1. The summed E-state index contributed by atoms with van der Waals surface area (Å²) in [5.74, 6) is 0.284. The molecule has 1 aromatic carbocycles. The number of carbonyl (C=O) groups is 1. The van der Waals surface area contributed by atoms with Gasteiger partial charge in [0.2, 0.25) is 0 Å². The van der Waals surface area contributed by atoms with E-state index in [4.69, 9.17) is 0 Å². The van der Waals surface area contributed by atoms with E-state index in [0.29, 0.717) is 11.5 Å². The fourth-order valence-electron chi connectivity index (χ4n) is 1.93. The van der Waals surface area contributed by atoms with E-state index in [1.54, 1.807) is 17.6 Å². The lowest BCUT2D eigenvalue weighted by Crippen LogP contribution is -2.13. The molecule has 0 radical (unpaired) electrons. The maximum absolute atomic E-state index is 12.2.